The van der Waals surface area contributed by atoms with Gasteiger partial charge in [0, 0.05) is 17.6 Å². The van der Waals surface area contributed by atoms with Crippen molar-refractivity contribution in [1.82, 2.24) is 9.97 Å². The van der Waals surface area contributed by atoms with E-state index < -0.39 is 0 Å². The average Bonchev–Trinajstić information content (AvgIpc) is 2.82. The SMILES string of the molecule is Cc1cc(C2CCCCC2C#N)cc(C)c1Nc1ccnc(Nc2ccc(C#N)cc2)n1. The molecule has 0 radical (unpaired) electrons. The molecule has 2 unspecified atom stereocenters. The van der Waals surface area contributed by atoms with Crippen LogP contribution in [0.4, 0.5) is 23.1 Å². The van der Waals surface area contributed by atoms with Crippen LogP contribution in [0.2, 0.25) is 0 Å². The number of aromatic nitrogens is 2. The summed E-state index contributed by atoms with van der Waals surface area (Å²) in [7, 11) is 0. The minimum absolute atomic E-state index is 0.110. The van der Waals surface area contributed by atoms with Crippen LogP contribution in [0.25, 0.3) is 0 Å². The van der Waals surface area contributed by atoms with Gasteiger partial charge < -0.3 is 10.6 Å². The molecule has 3 aromatic rings. The highest BCUT2D eigenvalue weighted by Crippen LogP contribution is 2.39. The van der Waals surface area contributed by atoms with Crippen molar-refractivity contribution < 1.29 is 0 Å². The van der Waals surface area contributed by atoms with E-state index in [1.807, 2.05) is 18.2 Å². The first kappa shape index (κ1) is 21.3. The predicted molar refractivity (Wildman–Crippen MR) is 126 cm³/mol. The van der Waals surface area contributed by atoms with Crippen LogP contribution in [0.15, 0.2) is 48.7 Å². The van der Waals surface area contributed by atoms with Gasteiger partial charge in [0.1, 0.15) is 5.82 Å². The maximum atomic E-state index is 9.57. The lowest BCUT2D eigenvalue weighted by Gasteiger charge is -2.28. The van der Waals surface area contributed by atoms with Crippen molar-refractivity contribution >= 4 is 23.1 Å². The highest BCUT2D eigenvalue weighted by atomic mass is 15.1. The number of benzene rings is 2. The molecule has 1 fully saturated rings. The van der Waals surface area contributed by atoms with E-state index in [0.717, 1.165) is 41.8 Å². The maximum Gasteiger partial charge on any atom is 0.229 e. The zero-order valence-electron chi connectivity index (χ0n) is 18.4. The van der Waals surface area contributed by atoms with Crippen LogP contribution in [0.3, 0.4) is 0 Å². The first-order chi connectivity index (χ1) is 15.6. The van der Waals surface area contributed by atoms with Crippen LogP contribution in [-0.2, 0) is 0 Å². The molecule has 160 valence electrons. The molecule has 0 bridgehead atoms. The Balaban J connectivity index is 1.53. The molecule has 2 N–H and O–H groups in total. The van der Waals surface area contributed by atoms with E-state index in [0.29, 0.717) is 23.2 Å². The van der Waals surface area contributed by atoms with E-state index in [1.54, 1.807) is 18.3 Å². The topological polar surface area (TPSA) is 97.4 Å². The molecular weight excluding hydrogens is 396 g/mol. The fraction of sp³-hybridized carbons (Fsp3) is 0.308. The highest BCUT2D eigenvalue weighted by molar-refractivity contribution is 5.66. The van der Waals surface area contributed by atoms with Gasteiger partial charge in [0.15, 0.2) is 0 Å². The van der Waals surface area contributed by atoms with Crippen LogP contribution in [0.1, 0.15) is 53.9 Å². The average molecular weight is 423 g/mol. The van der Waals surface area contributed by atoms with Gasteiger partial charge in [0.05, 0.1) is 23.6 Å². The normalized spacial score (nSPS) is 17.8. The molecule has 32 heavy (non-hydrogen) atoms. The number of hydrogen-bond donors (Lipinski definition) is 2. The molecule has 1 heterocycles. The predicted octanol–water partition coefficient (Wildman–Crippen LogP) is 6.25. The lowest BCUT2D eigenvalue weighted by atomic mass is 9.75. The van der Waals surface area contributed by atoms with E-state index >= 15 is 0 Å². The van der Waals surface area contributed by atoms with Crippen LogP contribution < -0.4 is 10.6 Å². The third-order valence-corrected chi connectivity index (χ3v) is 6.09. The lowest BCUT2D eigenvalue weighted by molar-refractivity contribution is 0.369. The van der Waals surface area contributed by atoms with Gasteiger partial charge in [0.25, 0.3) is 0 Å². The fourth-order valence-electron chi connectivity index (χ4n) is 4.47. The Kier molecular flexibility index (Phi) is 6.33. The van der Waals surface area contributed by atoms with Crippen molar-refractivity contribution in [1.29, 1.82) is 10.5 Å². The summed E-state index contributed by atoms with van der Waals surface area (Å²) in [5.41, 5.74) is 6.00. The number of nitrogens with zero attached hydrogens (tertiary/aromatic N) is 4. The molecule has 0 spiro atoms. The van der Waals surface area contributed by atoms with Crippen molar-refractivity contribution in [3.8, 4) is 12.1 Å². The number of nitriles is 2. The summed E-state index contributed by atoms with van der Waals surface area (Å²) in [5, 5.41) is 25.1. The fourth-order valence-corrected chi connectivity index (χ4v) is 4.47. The van der Waals surface area contributed by atoms with Gasteiger partial charge in [-0.2, -0.15) is 15.5 Å². The summed E-state index contributed by atoms with van der Waals surface area (Å²) in [5.74, 6) is 1.61. The third kappa shape index (κ3) is 4.71. The molecule has 0 saturated heterocycles. The monoisotopic (exact) mass is 422 g/mol. The van der Waals surface area contributed by atoms with E-state index in [2.05, 4.69) is 58.7 Å². The summed E-state index contributed by atoms with van der Waals surface area (Å²) in [6, 6.07) is 18.1. The quantitative estimate of drug-likeness (QED) is 0.504. The number of rotatable bonds is 5. The van der Waals surface area contributed by atoms with E-state index in [9.17, 15) is 5.26 Å². The van der Waals surface area contributed by atoms with Gasteiger partial charge in [-0.3, -0.25) is 0 Å². The molecule has 2 atom stereocenters. The van der Waals surface area contributed by atoms with Crippen LogP contribution in [-0.4, -0.2) is 9.97 Å². The van der Waals surface area contributed by atoms with Crippen LogP contribution >= 0.6 is 0 Å². The molecule has 2 aromatic carbocycles. The summed E-state index contributed by atoms with van der Waals surface area (Å²) in [6.07, 6.45) is 6.13. The highest BCUT2D eigenvalue weighted by Gasteiger charge is 2.27. The molecule has 4 rings (SSSR count). The van der Waals surface area contributed by atoms with Crippen molar-refractivity contribution in [3.63, 3.8) is 0 Å². The van der Waals surface area contributed by atoms with E-state index in [4.69, 9.17) is 5.26 Å². The Bertz CT molecular complexity index is 1160. The molecule has 0 aliphatic heterocycles. The molecule has 0 amide bonds. The standard InChI is InChI=1S/C26H26N6/c1-17-13-21(23-6-4-3-5-20(23)16-28)14-18(2)25(17)31-24-11-12-29-26(32-24)30-22-9-7-19(15-27)8-10-22/h7-14,20,23H,3-6H2,1-2H3,(H2,29,30,31,32). The molecule has 1 saturated carbocycles. The van der Waals surface area contributed by atoms with E-state index in [1.165, 1.54) is 12.0 Å². The summed E-state index contributed by atoms with van der Waals surface area (Å²) in [6.45, 7) is 4.19. The molecule has 6 nitrogen and oxygen atoms in total. The smallest absolute Gasteiger partial charge is 0.229 e. The first-order valence-electron chi connectivity index (χ1n) is 11.0. The third-order valence-electron chi connectivity index (χ3n) is 6.09. The molecule has 1 aliphatic rings. The van der Waals surface area contributed by atoms with Crippen molar-refractivity contribution in [2.45, 2.75) is 45.4 Å². The zero-order valence-corrected chi connectivity index (χ0v) is 18.4. The van der Waals surface area contributed by atoms with Crippen molar-refractivity contribution in [3.05, 3.63) is 70.9 Å². The van der Waals surface area contributed by atoms with Gasteiger partial charge in [0.2, 0.25) is 5.95 Å². The number of aryl methyl sites for hydroxylation is 2. The molecule has 1 aromatic heterocycles. The molecular formula is C26H26N6. The van der Waals surface area contributed by atoms with Gasteiger partial charge in [-0.05, 0) is 79.6 Å². The second kappa shape index (κ2) is 9.49. The van der Waals surface area contributed by atoms with Gasteiger partial charge in [-0.1, -0.05) is 25.0 Å². The Morgan fingerprint density at radius 2 is 1.66 bits per heavy atom. The Labute approximate surface area is 189 Å². The first-order valence-corrected chi connectivity index (χ1v) is 11.0. The maximum absolute atomic E-state index is 9.57. The largest absolute Gasteiger partial charge is 0.340 e. The van der Waals surface area contributed by atoms with Gasteiger partial charge in [-0.25, -0.2) is 4.98 Å². The minimum Gasteiger partial charge on any atom is -0.340 e. The summed E-state index contributed by atoms with van der Waals surface area (Å²) >= 11 is 0. The second-order valence-corrected chi connectivity index (χ2v) is 8.36. The molecule has 1 aliphatic carbocycles. The number of anilines is 4. The Morgan fingerprint density at radius 1 is 0.938 bits per heavy atom. The second-order valence-electron chi connectivity index (χ2n) is 8.36. The van der Waals surface area contributed by atoms with Gasteiger partial charge >= 0.3 is 0 Å². The van der Waals surface area contributed by atoms with Gasteiger partial charge in [-0.15, -0.1) is 0 Å². The molecule has 6 heteroatoms. The number of hydrogen-bond acceptors (Lipinski definition) is 6. The zero-order chi connectivity index (χ0) is 22.5. The van der Waals surface area contributed by atoms with Crippen molar-refractivity contribution in [2.24, 2.45) is 5.92 Å². The Morgan fingerprint density at radius 3 is 2.34 bits per heavy atom. The summed E-state index contributed by atoms with van der Waals surface area (Å²) < 4.78 is 0. The minimum atomic E-state index is 0.110. The van der Waals surface area contributed by atoms with Crippen molar-refractivity contribution in [2.75, 3.05) is 10.6 Å². The number of nitrogens with one attached hydrogen (secondary N) is 2. The summed E-state index contributed by atoms with van der Waals surface area (Å²) in [4.78, 5) is 8.88. The van der Waals surface area contributed by atoms with Crippen LogP contribution in [0.5, 0.6) is 0 Å². The lowest BCUT2D eigenvalue weighted by Crippen LogP contribution is -2.16. The Hall–Kier alpha value is -3.90. The van der Waals surface area contributed by atoms with Crippen LogP contribution in [0, 0.1) is 42.4 Å². The van der Waals surface area contributed by atoms with E-state index in [-0.39, 0.29) is 5.92 Å².